The number of esters is 1. The van der Waals surface area contributed by atoms with E-state index in [9.17, 15) is 4.79 Å². The molecule has 3 nitrogen and oxygen atoms in total. The van der Waals surface area contributed by atoms with E-state index >= 15 is 0 Å². The van der Waals surface area contributed by atoms with Crippen molar-refractivity contribution in [2.45, 2.75) is 37.4 Å². The number of hydrogen-bond acceptors (Lipinski definition) is 3. The minimum absolute atomic E-state index is 0.125. The van der Waals surface area contributed by atoms with Gasteiger partial charge in [0, 0.05) is 0 Å². The predicted octanol–water partition coefficient (Wildman–Crippen LogP) is 0.871. The fourth-order valence-electron chi connectivity index (χ4n) is 1.86. The zero-order valence-electron chi connectivity index (χ0n) is 6.85. The van der Waals surface area contributed by atoms with Gasteiger partial charge in [0.15, 0.2) is 5.60 Å². The Hall–Kier alpha value is -0.570. The molecule has 11 heavy (non-hydrogen) atoms. The lowest BCUT2D eigenvalue weighted by molar-refractivity contribution is -0.146. The van der Waals surface area contributed by atoms with Crippen molar-refractivity contribution in [3.05, 3.63) is 0 Å². The van der Waals surface area contributed by atoms with Crippen molar-refractivity contribution in [2.24, 2.45) is 0 Å². The molecule has 1 aliphatic heterocycles. The lowest BCUT2D eigenvalue weighted by Gasteiger charge is -2.23. The van der Waals surface area contributed by atoms with Crippen LogP contribution in [0.1, 0.15) is 26.2 Å². The van der Waals surface area contributed by atoms with Crippen molar-refractivity contribution >= 4 is 5.97 Å². The fraction of sp³-hybridized carbons (Fsp3) is 0.875. The van der Waals surface area contributed by atoms with Crippen LogP contribution in [0.4, 0.5) is 0 Å². The summed E-state index contributed by atoms with van der Waals surface area (Å²) in [5.41, 5.74) is -0.736. The summed E-state index contributed by atoms with van der Waals surface area (Å²) < 4.78 is 10.1. The molecule has 2 rings (SSSR count). The van der Waals surface area contributed by atoms with Crippen LogP contribution in [0.3, 0.4) is 0 Å². The summed E-state index contributed by atoms with van der Waals surface area (Å²) >= 11 is 0. The minimum atomic E-state index is -0.611. The first-order valence-corrected chi connectivity index (χ1v) is 3.93. The van der Waals surface area contributed by atoms with Gasteiger partial charge in [0.2, 0.25) is 0 Å². The van der Waals surface area contributed by atoms with Crippen LogP contribution in [0.2, 0.25) is 0 Å². The molecule has 1 atom stereocenters. The second-order valence-electron chi connectivity index (χ2n) is 3.47. The molecule has 1 heterocycles. The van der Waals surface area contributed by atoms with Crippen LogP contribution >= 0.6 is 0 Å². The summed E-state index contributed by atoms with van der Waals surface area (Å²) in [6, 6.07) is 0. The summed E-state index contributed by atoms with van der Waals surface area (Å²) in [5, 5.41) is 0. The van der Waals surface area contributed by atoms with Crippen LogP contribution in [0.5, 0.6) is 0 Å². The molecule has 1 spiro atoms. The van der Waals surface area contributed by atoms with Gasteiger partial charge in [-0.3, -0.25) is 0 Å². The monoisotopic (exact) mass is 156 g/mol. The van der Waals surface area contributed by atoms with E-state index in [0.29, 0.717) is 0 Å². The molecule has 0 aromatic heterocycles. The van der Waals surface area contributed by atoms with E-state index in [-0.39, 0.29) is 11.6 Å². The summed E-state index contributed by atoms with van der Waals surface area (Å²) in [4.78, 5) is 11.2. The molecule has 1 saturated heterocycles. The Morgan fingerprint density at radius 3 is 2.45 bits per heavy atom. The van der Waals surface area contributed by atoms with Crippen molar-refractivity contribution < 1.29 is 14.3 Å². The molecule has 0 aromatic rings. The minimum Gasteiger partial charge on any atom is -0.467 e. The fourth-order valence-corrected chi connectivity index (χ4v) is 1.86. The molecule has 0 radical (unpaired) electrons. The molecule has 2 aliphatic rings. The third-order valence-corrected chi connectivity index (χ3v) is 2.96. The molecular formula is C8H12O3. The number of carbonyl (C=O) groups excluding carboxylic acids is 1. The Bertz CT molecular complexity index is 207. The van der Waals surface area contributed by atoms with E-state index < -0.39 is 5.60 Å². The number of epoxide rings is 1. The number of ether oxygens (including phenoxy) is 2. The average Bonchev–Trinajstić information content (AvgIpc) is 2.56. The maximum Gasteiger partial charge on any atom is 0.340 e. The molecule has 1 aliphatic carbocycles. The highest BCUT2D eigenvalue weighted by Gasteiger charge is 2.74. The number of methoxy groups -OCH3 is 1. The third-order valence-electron chi connectivity index (χ3n) is 2.96. The van der Waals surface area contributed by atoms with E-state index in [0.717, 1.165) is 12.8 Å². The molecule has 62 valence electrons. The van der Waals surface area contributed by atoms with Crippen LogP contribution < -0.4 is 0 Å². The Balaban J connectivity index is 2.10. The maximum absolute atomic E-state index is 11.2. The summed E-state index contributed by atoms with van der Waals surface area (Å²) in [6.45, 7) is 1.82. The van der Waals surface area contributed by atoms with E-state index in [4.69, 9.17) is 4.74 Å². The standard InChI is InChI=1S/C8H12O3/c1-7(6(9)10-2)8(11-7)4-3-5-8/h3-5H2,1-2H3. The first kappa shape index (κ1) is 7.10. The van der Waals surface area contributed by atoms with E-state index in [1.165, 1.54) is 13.5 Å². The molecule has 0 N–H and O–H groups in total. The first-order valence-electron chi connectivity index (χ1n) is 3.93. The Morgan fingerprint density at radius 1 is 1.55 bits per heavy atom. The van der Waals surface area contributed by atoms with Gasteiger partial charge in [0.25, 0.3) is 0 Å². The zero-order valence-corrected chi connectivity index (χ0v) is 6.85. The molecule has 0 aromatic carbocycles. The van der Waals surface area contributed by atoms with E-state index in [2.05, 4.69) is 4.74 Å². The summed E-state index contributed by atoms with van der Waals surface area (Å²) in [6.07, 6.45) is 3.20. The van der Waals surface area contributed by atoms with Gasteiger partial charge in [-0.2, -0.15) is 0 Å². The van der Waals surface area contributed by atoms with Gasteiger partial charge >= 0.3 is 5.97 Å². The lowest BCUT2D eigenvalue weighted by Crippen LogP contribution is -2.37. The van der Waals surface area contributed by atoms with Gasteiger partial charge in [-0.1, -0.05) is 0 Å². The van der Waals surface area contributed by atoms with Crippen LogP contribution in [0.15, 0.2) is 0 Å². The Morgan fingerprint density at radius 2 is 2.18 bits per heavy atom. The molecule has 0 amide bonds. The van der Waals surface area contributed by atoms with Gasteiger partial charge in [0.05, 0.1) is 7.11 Å². The largest absolute Gasteiger partial charge is 0.467 e. The number of rotatable bonds is 1. The Labute approximate surface area is 65.7 Å². The van der Waals surface area contributed by atoms with Gasteiger partial charge in [-0.15, -0.1) is 0 Å². The zero-order chi connectivity index (χ0) is 8.11. The van der Waals surface area contributed by atoms with Gasteiger partial charge < -0.3 is 9.47 Å². The molecule has 0 bridgehead atoms. The predicted molar refractivity (Wildman–Crippen MR) is 38.1 cm³/mol. The van der Waals surface area contributed by atoms with Crippen LogP contribution in [-0.4, -0.2) is 24.3 Å². The topological polar surface area (TPSA) is 38.8 Å². The van der Waals surface area contributed by atoms with Crippen LogP contribution in [-0.2, 0) is 14.3 Å². The second kappa shape index (κ2) is 1.78. The highest BCUT2D eigenvalue weighted by atomic mass is 16.7. The van der Waals surface area contributed by atoms with Gasteiger partial charge in [-0.05, 0) is 26.2 Å². The van der Waals surface area contributed by atoms with E-state index in [1.54, 1.807) is 0 Å². The second-order valence-corrected chi connectivity index (χ2v) is 3.47. The van der Waals surface area contributed by atoms with Gasteiger partial charge in [0.1, 0.15) is 5.60 Å². The average molecular weight is 156 g/mol. The summed E-state index contributed by atoms with van der Waals surface area (Å²) in [5.74, 6) is -0.225. The van der Waals surface area contributed by atoms with Crippen LogP contribution in [0, 0.1) is 0 Å². The number of carbonyl (C=O) groups is 1. The van der Waals surface area contributed by atoms with Crippen molar-refractivity contribution in [3.63, 3.8) is 0 Å². The van der Waals surface area contributed by atoms with Crippen LogP contribution in [0.25, 0.3) is 0 Å². The first-order chi connectivity index (χ1) is 5.15. The smallest absolute Gasteiger partial charge is 0.340 e. The Kier molecular flexibility index (Phi) is 1.15. The van der Waals surface area contributed by atoms with Gasteiger partial charge in [-0.25, -0.2) is 4.79 Å². The molecule has 3 heteroatoms. The van der Waals surface area contributed by atoms with E-state index in [1.807, 2.05) is 6.92 Å². The molecular weight excluding hydrogens is 144 g/mol. The number of hydrogen-bond donors (Lipinski definition) is 0. The highest BCUT2D eigenvalue weighted by molar-refractivity contribution is 5.84. The normalized spacial score (nSPS) is 38.0. The maximum atomic E-state index is 11.2. The van der Waals surface area contributed by atoms with Crippen molar-refractivity contribution in [3.8, 4) is 0 Å². The van der Waals surface area contributed by atoms with Crippen molar-refractivity contribution in [2.75, 3.05) is 7.11 Å². The quantitative estimate of drug-likeness (QED) is 0.417. The third kappa shape index (κ3) is 0.644. The lowest BCUT2D eigenvalue weighted by atomic mass is 9.76. The summed E-state index contributed by atoms with van der Waals surface area (Å²) in [7, 11) is 1.40. The highest BCUT2D eigenvalue weighted by Crippen LogP contribution is 2.60. The SMILES string of the molecule is COC(=O)C1(C)OC12CCC2. The van der Waals surface area contributed by atoms with Crippen molar-refractivity contribution in [1.29, 1.82) is 0 Å². The molecule has 2 fully saturated rings. The molecule has 1 saturated carbocycles. The van der Waals surface area contributed by atoms with Crippen molar-refractivity contribution in [1.82, 2.24) is 0 Å². The molecule has 1 unspecified atom stereocenters.